The van der Waals surface area contributed by atoms with Crippen LogP contribution in [0.5, 0.6) is 5.75 Å². The summed E-state index contributed by atoms with van der Waals surface area (Å²) >= 11 is 0. The van der Waals surface area contributed by atoms with E-state index in [0.717, 1.165) is 41.5 Å². The zero-order valence-corrected chi connectivity index (χ0v) is 19.0. The number of aliphatic hydroxyl groups excluding tert-OH is 1. The van der Waals surface area contributed by atoms with E-state index in [4.69, 9.17) is 4.74 Å². The number of unbranched alkanes of at least 4 members (excludes halogenated alkanes) is 2. The number of carbonyl (C=O) groups is 2. The molecule has 0 bridgehead atoms. The topological polar surface area (TPSA) is 66.8 Å². The van der Waals surface area contributed by atoms with Crippen LogP contribution in [-0.2, 0) is 9.59 Å². The molecule has 5 heteroatoms. The highest BCUT2D eigenvalue weighted by Gasteiger charge is 2.46. The fourth-order valence-electron chi connectivity index (χ4n) is 4.38. The van der Waals surface area contributed by atoms with Gasteiger partial charge in [0.1, 0.15) is 11.5 Å². The van der Waals surface area contributed by atoms with Gasteiger partial charge in [-0.05, 0) is 49.9 Å². The highest BCUT2D eigenvalue weighted by Crippen LogP contribution is 2.42. The fraction of sp³-hybridized carbons (Fsp3) is 0.385. The average molecular weight is 422 g/mol. The van der Waals surface area contributed by atoms with Crippen LogP contribution in [0.25, 0.3) is 5.76 Å². The van der Waals surface area contributed by atoms with Crippen molar-refractivity contribution in [3.8, 4) is 5.75 Å². The van der Waals surface area contributed by atoms with E-state index in [9.17, 15) is 14.7 Å². The molecular formula is C26H31NO4. The first-order chi connectivity index (χ1) is 14.8. The van der Waals surface area contributed by atoms with Gasteiger partial charge in [0, 0.05) is 6.54 Å². The van der Waals surface area contributed by atoms with Crippen molar-refractivity contribution in [2.75, 3.05) is 13.7 Å². The Morgan fingerprint density at radius 2 is 1.81 bits per heavy atom. The molecule has 31 heavy (non-hydrogen) atoms. The molecular weight excluding hydrogens is 390 g/mol. The zero-order chi connectivity index (χ0) is 22.7. The maximum Gasteiger partial charge on any atom is 0.295 e. The third kappa shape index (κ3) is 4.36. The number of hydrogen-bond donors (Lipinski definition) is 1. The first-order valence-corrected chi connectivity index (χ1v) is 10.8. The molecule has 5 nitrogen and oxygen atoms in total. The molecule has 1 N–H and O–H groups in total. The summed E-state index contributed by atoms with van der Waals surface area (Å²) in [7, 11) is 1.54. The minimum atomic E-state index is -0.651. The molecule has 2 aromatic carbocycles. The van der Waals surface area contributed by atoms with E-state index in [1.165, 1.54) is 7.11 Å². The van der Waals surface area contributed by atoms with E-state index in [-0.39, 0.29) is 11.3 Å². The number of benzene rings is 2. The van der Waals surface area contributed by atoms with Gasteiger partial charge < -0.3 is 14.7 Å². The Morgan fingerprint density at radius 1 is 1.06 bits per heavy atom. The van der Waals surface area contributed by atoms with Crippen molar-refractivity contribution in [3.63, 3.8) is 0 Å². The van der Waals surface area contributed by atoms with Crippen LogP contribution in [-0.4, -0.2) is 35.4 Å². The smallest absolute Gasteiger partial charge is 0.295 e. The number of carbonyl (C=O) groups excluding carboxylic acids is 2. The number of aliphatic hydroxyl groups is 1. The number of amides is 1. The maximum atomic E-state index is 13.2. The Hall–Kier alpha value is -3.08. The van der Waals surface area contributed by atoms with Gasteiger partial charge >= 0.3 is 0 Å². The first-order valence-electron chi connectivity index (χ1n) is 10.8. The minimum absolute atomic E-state index is 0.121. The number of methoxy groups -OCH3 is 1. The quantitative estimate of drug-likeness (QED) is 0.288. The summed E-state index contributed by atoms with van der Waals surface area (Å²) in [6, 6.07) is 10.9. The van der Waals surface area contributed by atoms with Gasteiger partial charge in [0.15, 0.2) is 0 Å². The lowest BCUT2D eigenvalue weighted by molar-refractivity contribution is -0.139. The molecule has 1 heterocycles. The second-order valence-corrected chi connectivity index (χ2v) is 8.28. The van der Waals surface area contributed by atoms with E-state index < -0.39 is 17.7 Å². The van der Waals surface area contributed by atoms with E-state index in [1.54, 1.807) is 11.0 Å². The Labute approximate surface area is 184 Å². The minimum Gasteiger partial charge on any atom is -0.507 e. The van der Waals surface area contributed by atoms with Crippen molar-refractivity contribution < 1.29 is 19.4 Å². The van der Waals surface area contributed by atoms with Crippen LogP contribution < -0.4 is 4.74 Å². The number of rotatable bonds is 7. The van der Waals surface area contributed by atoms with Crippen LogP contribution in [0, 0.1) is 20.8 Å². The Morgan fingerprint density at radius 3 is 2.45 bits per heavy atom. The Kier molecular flexibility index (Phi) is 6.84. The number of ketones is 1. The van der Waals surface area contributed by atoms with Crippen molar-refractivity contribution in [1.82, 2.24) is 4.90 Å². The SMILES string of the molecule is CCCCCN1C(=O)C(=O)/C(=C(/O)c2cc(C)cc(C)c2OC)C1c1cccc(C)c1. The maximum absolute atomic E-state index is 13.2. The third-order valence-electron chi connectivity index (χ3n) is 5.78. The molecule has 1 atom stereocenters. The van der Waals surface area contributed by atoms with E-state index in [1.807, 2.05) is 51.1 Å². The monoisotopic (exact) mass is 421 g/mol. The lowest BCUT2D eigenvalue weighted by Crippen LogP contribution is -2.30. The normalized spacial score (nSPS) is 18.0. The lowest BCUT2D eigenvalue weighted by atomic mass is 9.93. The highest BCUT2D eigenvalue weighted by atomic mass is 16.5. The third-order valence-corrected chi connectivity index (χ3v) is 5.78. The van der Waals surface area contributed by atoms with Crippen LogP contribution in [0.15, 0.2) is 42.0 Å². The Bertz CT molecular complexity index is 1040. The zero-order valence-electron chi connectivity index (χ0n) is 19.0. The number of nitrogens with zero attached hydrogens (tertiary/aromatic N) is 1. The van der Waals surface area contributed by atoms with Gasteiger partial charge in [-0.2, -0.15) is 0 Å². The second-order valence-electron chi connectivity index (χ2n) is 8.28. The number of hydrogen-bond acceptors (Lipinski definition) is 4. The van der Waals surface area contributed by atoms with Gasteiger partial charge in [-0.15, -0.1) is 0 Å². The van der Waals surface area contributed by atoms with Crippen molar-refractivity contribution in [1.29, 1.82) is 0 Å². The average Bonchev–Trinajstić information content (AvgIpc) is 2.98. The molecule has 0 spiro atoms. The summed E-state index contributed by atoms with van der Waals surface area (Å²) in [5.41, 5.74) is 4.19. The van der Waals surface area contributed by atoms with E-state index >= 15 is 0 Å². The van der Waals surface area contributed by atoms with Gasteiger partial charge in [0.25, 0.3) is 11.7 Å². The van der Waals surface area contributed by atoms with Gasteiger partial charge in [-0.25, -0.2) is 0 Å². The molecule has 3 rings (SSSR count). The van der Waals surface area contributed by atoms with Crippen LogP contribution in [0.4, 0.5) is 0 Å². The summed E-state index contributed by atoms with van der Waals surface area (Å²) < 4.78 is 5.54. The number of likely N-dealkylation sites (tertiary alicyclic amines) is 1. The number of Topliss-reactive ketones (excluding diaryl/α,β-unsaturated/α-hetero) is 1. The van der Waals surface area contributed by atoms with Crippen molar-refractivity contribution in [3.05, 3.63) is 69.8 Å². The summed E-state index contributed by atoms with van der Waals surface area (Å²) in [5, 5.41) is 11.4. The number of ether oxygens (including phenoxy) is 1. The predicted molar refractivity (Wildman–Crippen MR) is 122 cm³/mol. The van der Waals surface area contributed by atoms with Crippen molar-refractivity contribution in [2.24, 2.45) is 0 Å². The number of aryl methyl sites for hydroxylation is 3. The standard InChI is InChI=1S/C26H31NO4/c1-6-7-8-12-27-22(19-11-9-10-16(2)14-19)21(24(29)26(27)30)23(28)20-15-17(3)13-18(4)25(20)31-5/h9-11,13-15,22,28H,6-8,12H2,1-5H3/b23-21+. The van der Waals surface area contributed by atoms with Crippen LogP contribution in [0.1, 0.15) is 60.0 Å². The predicted octanol–water partition coefficient (Wildman–Crippen LogP) is 5.23. The molecule has 1 aliphatic rings. The fourth-order valence-corrected chi connectivity index (χ4v) is 4.38. The molecule has 0 saturated carbocycles. The molecule has 1 unspecified atom stereocenters. The molecule has 0 radical (unpaired) electrons. The van der Waals surface area contributed by atoms with Gasteiger partial charge in [-0.3, -0.25) is 9.59 Å². The largest absolute Gasteiger partial charge is 0.507 e. The summed E-state index contributed by atoms with van der Waals surface area (Å²) in [6.07, 6.45) is 2.78. The summed E-state index contributed by atoms with van der Waals surface area (Å²) in [5.74, 6) is -0.899. The molecule has 164 valence electrons. The summed E-state index contributed by atoms with van der Waals surface area (Å²) in [6.45, 7) is 8.35. The van der Waals surface area contributed by atoms with Crippen LogP contribution in [0.3, 0.4) is 0 Å². The molecule has 1 aliphatic heterocycles. The first kappa shape index (κ1) is 22.6. The highest BCUT2D eigenvalue weighted by molar-refractivity contribution is 6.46. The molecule has 1 saturated heterocycles. The summed E-state index contributed by atoms with van der Waals surface area (Å²) in [4.78, 5) is 27.8. The van der Waals surface area contributed by atoms with Crippen LogP contribution >= 0.6 is 0 Å². The molecule has 0 aromatic heterocycles. The molecule has 1 amide bonds. The van der Waals surface area contributed by atoms with Gasteiger partial charge in [0.2, 0.25) is 0 Å². The van der Waals surface area contributed by atoms with Gasteiger partial charge in [-0.1, -0.05) is 55.7 Å². The van der Waals surface area contributed by atoms with E-state index in [0.29, 0.717) is 17.9 Å². The molecule has 1 fully saturated rings. The molecule has 0 aliphatic carbocycles. The van der Waals surface area contributed by atoms with Crippen LogP contribution in [0.2, 0.25) is 0 Å². The van der Waals surface area contributed by atoms with Crippen molar-refractivity contribution in [2.45, 2.75) is 53.0 Å². The van der Waals surface area contributed by atoms with Gasteiger partial charge in [0.05, 0.1) is 24.3 Å². The Balaban J connectivity index is 2.23. The molecule has 2 aromatic rings. The van der Waals surface area contributed by atoms with E-state index in [2.05, 4.69) is 6.92 Å². The van der Waals surface area contributed by atoms with Crippen molar-refractivity contribution >= 4 is 17.4 Å². The lowest BCUT2D eigenvalue weighted by Gasteiger charge is -2.26. The second kappa shape index (κ2) is 9.38.